The predicted octanol–water partition coefficient (Wildman–Crippen LogP) is 5.76. The molecule has 0 radical (unpaired) electrons. The molecule has 0 spiro atoms. The third-order valence-corrected chi connectivity index (χ3v) is 5.77. The van der Waals surface area contributed by atoms with Gasteiger partial charge in [0.1, 0.15) is 0 Å². The Morgan fingerprint density at radius 1 is 0.833 bits per heavy atom. The first-order chi connectivity index (χ1) is 11.4. The van der Waals surface area contributed by atoms with Crippen molar-refractivity contribution in [2.24, 2.45) is 0 Å². The van der Waals surface area contributed by atoms with E-state index in [4.69, 9.17) is 0 Å². The van der Waals surface area contributed by atoms with Gasteiger partial charge in [0.05, 0.1) is 0 Å². The number of benzene rings is 2. The van der Waals surface area contributed by atoms with Gasteiger partial charge in [0.2, 0.25) is 0 Å². The highest BCUT2D eigenvalue weighted by molar-refractivity contribution is 5.63. The van der Waals surface area contributed by atoms with E-state index in [0.717, 1.165) is 19.4 Å². The SMILES string of the molecule is CCc1cccc(CC)c1N1C[C@](C)(c2ccccc2)CC1(C)C. The molecule has 0 aliphatic carbocycles. The molecule has 2 aromatic carbocycles. The van der Waals surface area contributed by atoms with Gasteiger partial charge >= 0.3 is 0 Å². The van der Waals surface area contributed by atoms with Crippen molar-refractivity contribution in [2.45, 2.75) is 64.8 Å². The standard InChI is InChI=1S/C23H31N/c1-6-18-12-11-13-19(7-2)21(18)24-17-23(5,16-22(24,3)4)20-14-9-8-10-15-20/h8-15H,6-7,16-17H2,1-5H3/t23-/m1/s1. The molecule has 1 atom stereocenters. The molecule has 3 rings (SSSR count). The van der Waals surface area contributed by atoms with E-state index in [1.165, 1.54) is 28.8 Å². The van der Waals surface area contributed by atoms with Crippen molar-refractivity contribution in [1.29, 1.82) is 0 Å². The Labute approximate surface area is 147 Å². The summed E-state index contributed by atoms with van der Waals surface area (Å²) in [6.07, 6.45) is 3.38. The van der Waals surface area contributed by atoms with Crippen LogP contribution in [0.25, 0.3) is 0 Å². The second-order valence-electron chi connectivity index (χ2n) is 8.13. The van der Waals surface area contributed by atoms with Crippen LogP contribution in [0.2, 0.25) is 0 Å². The Kier molecular flexibility index (Phi) is 4.46. The van der Waals surface area contributed by atoms with Gasteiger partial charge < -0.3 is 4.90 Å². The molecule has 0 saturated carbocycles. The average molecular weight is 322 g/mol. The molecule has 1 saturated heterocycles. The molecule has 0 bridgehead atoms. The van der Waals surface area contributed by atoms with Crippen LogP contribution in [0.5, 0.6) is 0 Å². The van der Waals surface area contributed by atoms with Gasteiger partial charge in [-0.15, -0.1) is 0 Å². The summed E-state index contributed by atoms with van der Waals surface area (Å²) in [7, 11) is 0. The molecular formula is C23H31N. The van der Waals surface area contributed by atoms with E-state index in [1.54, 1.807) is 0 Å². The van der Waals surface area contributed by atoms with Crippen LogP contribution in [0, 0.1) is 0 Å². The van der Waals surface area contributed by atoms with Crippen LogP contribution in [-0.2, 0) is 18.3 Å². The first-order valence-corrected chi connectivity index (χ1v) is 9.35. The van der Waals surface area contributed by atoms with Crippen molar-refractivity contribution in [2.75, 3.05) is 11.4 Å². The van der Waals surface area contributed by atoms with Crippen LogP contribution in [0.4, 0.5) is 5.69 Å². The van der Waals surface area contributed by atoms with Crippen LogP contribution in [0.3, 0.4) is 0 Å². The van der Waals surface area contributed by atoms with Crippen LogP contribution in [0.1, 0.15) is 57.7 Å². The number of aryl methyl sites for hydroxylation is 2. The number of hydrogen-bond acceptors (Lipinski definition) is 1. The lowest BCUT2D eigenvalue weighted by molar-refractivity contribution is 0.444. The summed E-state index contributed by atoms with van der Waals surface area (Å²) in [6.45, 7) is 12.9. The zero-order valence-electron chi connectivity index (χ0n) is 15.9. The van der Waals surface area contributed by atoms with Gasteiger partial charge in [-0.05, 0) is 49.8 Å². The normalized spacial score (nSPS) is 22.8. The molecule has 1 aliphatic rings. The van der Waals surface area contributed by atoms with Crippen molar-refractivity contribution in [3.63, 3.8) is 0 Å². The highest BCUT2D eigenvalue weighted by Crippen LogP contribution is 2.47. The van der Waals surface area contributed by atoms with E-state index in [1.807, 2.05) is 0 Å². The fourth-order valence-electron chi connectivity index (χ4n) is 4.65. The van der Waals surface area contributed by atoms with E-state index in [9.17, 15) is 0 Å². The Morgan fingerprint density at radius 2 is 1.42 bits per heavy atom. The van der Waals surface area contributed by atoms with Crippen molar-refractivity contribution >= 4 is 5.69 Å². The van der Waals surface area contributed by atoms with Gasteiger partial charge in [-0.1, -0.05) is 69.3 Å². The number of rotatable bonds is 4. The zero-order valence-corrected chi connectivity index (χ0v) is 15.9. The minimum atomic E-state index is 0.166. The number of hydrogen-bond donors (Lipinski definition) is 0. The summed E-state index contributed by atoms with van der Waals surface area (Å²) in [4.78, 5) is 2.69. The number of para-hydroxylation sites is 1. The summed E-state index contributed by atoms with van der Waals surface area (Å²) < 4.78 is 0. The molecule has 1 aliphatic heterocycles. The van der Waals surface area contributed by atoms with Gasteiger partial charge in [-0.2, -0.15) is 0 Å². The Bertz CT molecular complexity index is 679. The average Bonchev–Trinajstić information content (AvgIpc) is 2.84. The molecule has 0 amide bonds. The molecule has 2 aromatic rings. The predicted molar refractivity (Wildman–Crippen MR) is 105 cm³/mol. The van der Waals surface area contributed by atoms with Crippen LogP contribution >= 0.6 is 0 Å². The summed E-state index contributed by atoms with van der Waals surface area (Å²) in [6, 6.07) is 17.9. The lowest BCUT2D eigenvalue weighted by Gasteiger charge is -2.36. The van der Waals surface area contributed by atoms with Gasteiger partial charge in [0.25, 0.3) is 0 Å². The highest BCUT2D eigenvalue weighted by atomic mass is 15.2. The van der Waals surface area contributed by atoms with Gasteiger partial charge in [0, 0.05) is 23.2 Å². The smallest absolute Gasteiger partial charge is 0.0435 e. The number of nitrogens with zero attached hydrogens (tertiary/aromatic N) is 1. The topological polar surface area (TPSA) is 3.24 Å². The van der Waals surface area contributed by atoms with Gasteiger partial charge in [-0.25, -0.2) is 0 Å². The van der Waals surface area contributed by atoms with Crippen LogP contribution in [0.15, 0.2) is 48.5 Å². The molecule has 1 fully saturated rings. The van der Waals surface area contributed by atoms with Crippen molar-refractivity contribution in [1.82, 2.24) is 0 Å². The van der Waals surface area contributed by atoms with Crippen molar-refractivity contribution in [3.8, 4) is 0 Å². The largest absolute Gasteiger partial charge is 0.365 e. The maximum atomic E-state index is 2.69. The van der Waals surface area contributed by atoms with Crippen LogP contribution < -0.4 is 4.90 Å². The van der Waals surface area contributed by atoms with E-state index in [2.05, 4.69) is 88.0 Å². The summed E-state index contributed by atoms with van der Waals surface area (Å²) in [5.74, 6) is 0. The van der Waals surface area contributed by atoms with Gasteiger partial charge in [0.15, 0.2) is 0 Å². The first kappa shape index (κ1) is 17.1. The molecule has 1 heterocycles. The monoisotopic (exact) mass is 321 g/mol. The zero-order chi connectivity index (χ0) is 17.4. The molecule has 0 unspecified atom stereocenters. The molecule has 0 N–H and O–H groups in total. The fourth-order valence-corrected chi connectivity index (χ4v) is 4.65. The molecule has 24 heavy (non-hydrogen) atoms. The third kappa shape index (κ3) is 2.85. The number of anilines is 1. The molecule has 1 heteroatoms. The maximum absolute atomic E-state index is 2.69. The van der Waals surface area contributed by atoms with Crippen LogP contribution in [-0.4, -0.2) is 12.1 Å². The second-order valence-corrected chi connectivity index (χ2v) is 8.13. The van der Waals surface area contributed by atoms with E-state index in [-0.39, 0.29) is 11.0 Å². The Hall–Kier alpha value is -1.76. The molecule has 1 nitrogen and oxygen atoms in total. The first-order valence-electron chi connectivity index (χ1n) is 9.35. The van der Waals surface area contributed by atoms with E-state index < -0.39 is 0 Å². The lowest BCUT2D eigenvalue weighted by Crippen LogP contribution is -2.39. The van der Waals surface area contributed by atoms with Gasteiger partial charge in [-0.3, -0.25) is 0 Å². The highest BCUT2D eigenvalue weighted by Gasteiger charge is 2.47. The summed E-state index contributed by atoms with van der Waals surface area (Å²) >= 11 is 0. The van der Waals surface area contributed by atoms with E-state index in [0.29, 0.717) is 0 Å². The maximum Gasteiger partial charge on any atom is 0.0435 e. The minimum absolute atomic E-state index is 0.166. The molecular weight excluding hydrogens is 290 g/mol. The minimum Gasteiger partial charge on any atom is -0.365 e. The lowest BCUT2D eigenvalue weighted by atomic mass is 9.78. The fraction of sp³-hybridized carbons (Fsp3) is 0.478. The van der Waals surface area contributed by atoms with Crippen molar-refractivity contribution < 1.29 is 0 Å². The quantitative estimate of drug-likeness (QED) is 0.692. The Balaban J connectivity index is 2.07. The third-order valence-electron chi connectivity index (χ3n) is 5.77. The summed E-state index contributed by atoms with van der Waals surface area (Å²) in [5, 5.41) is 0. The second kappa shape index (κ2) is 6.27. The van der Waals surface area contributed by atoms with Crippen molar-refractivity contribution in [3.05, 3.63) is 65.2 Å². The molecule has 0 aromatic heterocycles. The Morgan fingerprint density at radius 3 is 1.96 bits per heavy atom. The summed E-state index contributed by atoms with van der Waals surface area (Å²) in [5.41, 5.74) is 6.30. The van der Waals surface area contributed by atoms with E-state index >= 15 is 0 Å². The molecule has 128 valence electrons.